The Kier molecular flexibility index (Phi) is 3.99. The van der Waals surface area contributed by atoms with Crippen LogP contribution in [-0.2, 0) is 6.54 Å². The molecule has 1 aromatic carbocycles. The Morgan fingerprint density at radius 1 is 1.30 bits per heavy atom. The molecule has 0 saturated carbocycles. The molecule has 2 rings (SSSR count). The number of hydrogen-bond acceptors (Lipinski definition) is 6. The molecule has 7 nitrogen and oxygen atoms in total. The molecule has 0 aliphatic heterocycles. The molecule has 0 amide bonds. The van der Waals surface area contributed by atoms with Crippen LogP contribution in [0.4, 0.5) is 17.3 Å². The second kappa shape index (κ2) is 5.87. The third-order valence-electron chi connectivity index (χ3n) is 2.73. The number of nitrogens with zero attached hydrogens (tertiary/aromatic N) is 2. The number of nitrogen functional groups attached to an aromatic ring is 1. The van der Waals surface area contributed by atoms with Gasteiger partial charge in [0.25, 0.3) is 0 Å². The number of ether oxygens (including phenoxy) is 1. The predicted octanol–water partition coefficient (Wildman–Crippen LogP) is 2.19. The number of benzene rings is 1. The molecule has 0 aliphatic carbocycles. The molecule has 0 aliphatic rings. The van der Waals surface area contributed by atoms with Crippen molar-refractivity contribution in [2.24, 2.45) is 0 Å². The highest BCUT2D eigenvalue weighted by Crippen LogP contribution is 2.21. The maximum absolute atomic E-state index is 10.6. The summed E-state index contributed by atoms with van der Waals surface area (Å²) in [5.74, 6) is 1.17. The normalized spacial score (nSPS) is 10.1. The zero-order valence-electron chi connectivity index (χ0n) is 10.9. The van der Waals surface area contributed by atoms with Crippen LogP contribution in [0.25, 0.3) is 0 Å². The molecule has 0 saturated heterocycles. The summed E-state index contributed by atoms with van der Waals surface area (Å²) in [6, 6.07) is 10.4. The van der Waals surface area contributed by atoms with E-state index in [-0.39, 0.29) is 11.5 Å². The Labute approximate surface area is 115 Å². The van der Waals surface area contributed by atoms with Crippen molar-refractivity contribution in [2.75, 3.05) is 18.2 Å². The molecule has 0 spiro atoms. The predicted molar refractivity (Wildman–Crippen MR) is 75.6 cm³/mol. The molecule has 0 fully saturated rings. The highest BCUT2D eigenvalue weighted by atomic mass is 16.6. The molecule has 20 heavy (non-hydrogen) atoms. The van der Waals surface area contributed by atoms with Gasteiger partial charge in [0, 0.05) is 12.6 Å². The van der Waals surface area contributed by atoms with Gasteiger partial charge in [0.1, 0.15) is 11.6 Å². The first kappa shape index (κ1) is 13.6. The second-order valence-electron chi connectivity index (χ2n) is 4.06. The van der Waals surface area contributed by atoms with Gasteiger partial charge >= 0.3 is 5.69 Å². The lowest BCUT2D eigenvalue weighted by Crippen LogP contribution is -2.04. The first-order chi connectivity index (χ1) is 9.60. The van der Waals surface area contributed by atoms with Gasteiger partial charge in [0.2, 0.25) is 5.82 Å². The molecule has 3 N–H and O–H groups in total. The fraction of sp³-hybridized carbons (Fsp3) is 0.154. The summed E-state index contributed by atoms with van der Waals surface area (Å²) in [6.45, 7) is 0.536. The summed E-state index contributed by atoms with van der Waals surface area (Å²) >= 11 is 0. The smallest absolute Gasteiger partial charge is 0.311 e. The van der Waals surface area contributed by atoms with Crippen LogP contribution in [0, 0.1) is 10.1 Å². The van der Waals surface area contributed by atoms with E-state index in [0.717, 1.165) is 11.3 Å². The summed E-state index contributed by atoms with van der Waals surface area (Å²) in [5, 5.41) is 13.7. The van der Waals surface area contributed by atoms with Crippen molar-refractivity contribution in [1.29, 1.82) is 0 Å². The first-order valence-electron chi connectivity index (χ1n) is 5.88. The highest BCUT2D eigenvalue weighted by molar-refractivity contribution is 5.57. The number of nitrogens with one attached hydrogen (secondary N) is 1. The molecule has 0 atom stereocenters. The van der Waals surface area contributed by atoms with E-state index in [1.807, 2.05) is 24.3 Å². The minimum atomic E-state index is -0.560. The van der Waals surface area contributed by atoms with Crippen LogP contribution in [0.5, 0.6) is 5.75 Å². The lowest BCUT2D eigenvalue weighted by molar-refractivity contribution is -0.384. The van der Waals surface area contributed by atoms with Gasteiger partial charge in [-0.3, -0.25) is 10.1 Å². The van der Waals surface area contributed by atoms with Crippen molar-refractivity contribution < 1.29 is 9.66 Å². The largest absolute Gasteiger partial charge is 0.497 e. The lowest BCUT2D eigenvalue weighted by Gasteiger charge is -2.07. The standard InChI is InChI=1S/C13H14N4O3/c1-20-10-4-2-9(3-5-10)8-15-12-7-6-11(17(18)19)13(14)16-12/h2-7H,8H2,1H3,(H3,14,15,16). The van der Waals surface area contributed by atoms with Gasteiger partial charge in [0.05, 0.1) is 12.0 Å². The van der Waals surface area contributed by atoms with Gasteiger partial charge in [-0.05, 0) is 23.8 Å². The summed E-state index contributed by atoms with van der Waals surface area (Å²) < 4.78 is 5.07. The van der Waals surface area contributed by atoms with Crippen molar-refractivity contribution in [3.8, 4) is 5.75 Å². The van der Waals surface area contributed by atoms with Crippen LogP contribution in [0.2, 0.25) is 0 Å². The van der Waals surface area contributed by atoms with E-state index in [1.54, 1.807) is 7.11 Å². The average Bonchev–Trinajstić information content (AvgIpc) is 2.45. The Bertz CT molecular complexity index is 614. The summed E-state index contributed by atoms with van der Waals surface area (Å²) in [4.78, 5) is 14.0. The van der Waals surface area contributed by atoms with Gasteiger partial charge in [-0.2, -0.15) is 0 Å². The van der Waals surface area contributed by atoms with Gasteiger partial charge in [-0.1, -0.05) is 12.1 Å². The van der Waals surface area contributed by atoms with Crippen LogP contribution in [0.1, 0.15) is 5.56 Å². The van der Waals surface area contributed by atoms with Crippen LogP contribution in [0.3, 0.4) is 0 Å². The number of methoxy groups -OCH3 is 1. The third-order valence-corrected chi connectivity index (χ3v) is 2.73. The van der Waals surface area contributed by atoms with Gasteiger partial charge in [0.15, 0.2) is 0 Å². The van der Waals surface area contributed by atoms with Crippen LogP contribution in [0.15, 0.2) is 36.4 Å². The van der Waals surface area contributed by atoms with Gasteiger partial charge < -0.3 is 15.8 Å². The number of nitro groups is 1. The number of aromatic nitrogens is 1. The Morgan fingerprint density at radius 2 is 2.00 bits per heavy atom. The van der Waals surface area contributed by atoms with E-state index < -0.39 is 4.92 Å². The van der Waals surface area contributed by atoms with E-state index >= 15 is 0 Å². The molecule has 104 valence electrons. The highest BCUT2D eigenvalue weighted by Gasteiger charge is 2.12. The Balaban J connectivity index is 2.03. The van der Waals surface area contributed by atoms with Gasteiger partial charge in [-0.25, -0.2) is 4.98 Å². The minimum absolute atomic E-state index is 0.102. The SMILES string of the molecule is COc1ccc(CNc2ccc([N+](=O)[O-])c(N)n2)cc1. The van der Waals surface area contributed by atoms with Crippen molar-refractivity contribution >= 4 is 17.3 Å². The molecule has 2 aromatic rings. The van der Waals surface area contributed by atoms with Gasteiger partial charge in [-0.15, -0.1) is 0 Å². The molecular weight excluding hydrogens is 260 g/mol. The van der Waals surface area contributed by atoms with Crippen molar-refractivity contribution in [3.63, 3.8) is 0 Å². The van der Waals surface area contributed by atoms with E-state index in [0.29, 0.717) is 12.4 Å². The topological polar surface area (TPSA) is 103 Å². The van der Waals surface area contributed by atoms with E-state index in [4.69, 9.17) is 10.5 Å². The maximum atomic E-state index is 10.6. The number of nitrogens with two attached hydrogens (primary N) is 1. The monoisotopic (exact) mass is 274 g/mol. The second-order valence-corrected chi connectivity index (χ2v) is 4.06. The summed E-state index contributed by atoms with van der Waals surface area (Å²) in [5.41, 5.74) is 6.36. The number of hydrogen-bond donors (Lipinski definition) is 2. The van der Waals surface area contributed by atoms with Crippen molar-refractivity contribution in [3.05, 3.63) is 52.1 Å². The maximum Gasteiger partial charge on any atom is 0.311 e. The minimum Gasteiger partial charge on any atom is -0.497 e. The van der Waals surface area contributed by atoms with Crippen molar-refractivity contribution in [2.45, 2.75) is 6.54 Å². The quantitative estimate of drug-likeness (QED) is 0.640. The molecule has 0 radical (unpaired) electrons. The zero-order chi connectivity index (χ0) is 14.5. The number of rotatable bonds is 5. The number of anilines is 2. The average molecular weight is 274 g/mol. The third kappa shape index (κ3) is 3.14. The molecule has 0 bridgehead atoms. The Hall–Kier alpha value is -2.83. The molecule has 1 heterocycles. The number of pyridine rings is 1. The van der Waals surface area contributed by atoms with Crippen LogP contribution >= 0.6 is 0 Å². The molecule has 0 unspecified atom stereocenters. The van der Waals surface area contributed by atoms with Crippen molar-refractivity contribution in [1.82, 2.24) is 4.98 Å². The van der Waals surface area contributed by atoms with Crippen LogP contribution in [-0.4, -0.2) is 17.0 Å². The first-order valence-corrected chi connectivity index (χ1v) is 5.88. The molecular formula is C13H14N4O3. The zero-order valence-corrected chi connectivity index (χ0v) is 10.9. The van der Waals surface area contributed by atoms with E-state index in [1.165, 1.54) is 12.1 Å². The van der Waals surface area contributed by atoms with E-state index in [9.17, 15) is 10.1 Å². The molecule has 7 heteroatoms. The lowest BCUT2D eigenvalue weighted by atomic mass is 10.2. The van der Waals surface area contributed by atoms with E-state index in [2.05, 4.69) is 10.3 Å². The fourth-order valence-corrected chi connectivity index (χ4v) is 1.66. The van der Waals surface area contributed by atoms with Crippen LogP contribution < -0.4 is 15.8 Å². The summed E-state index contributed by atoms with van der Waals surface area (Å²) in [6.07, 6.45) is 0. The fourth-order valence-electron chi connectivity index (χ4n) is 1.66. The summed E-state index contributed by atoms with van der Waals surface area (Å²) in [7, 11) is 1.61. The Morgan fingerprint density at radius 3 is 2.55 bits per heavy atom. The molecule has 1 aromatic heterocycles.